The first-order valence-corrected chi connectivity index (χ1v) is 4.57. The normalized spacial score (nSPS) is 12.6. The Morgan fingerprint density at radius 2 is 1.62 bits per heavy atom. The van der Waals surface area contributed by atoms with Gasteiger partial charge in [0.25, 0.3) is 0 Å². The van der Waals surface area contributed by atoms with Gasteiger partial charge in [-0.05, 0) is 19.3 Å². The predicted octanol–water partition coefficient (Wildman–Crippen LogP) is 4.28. The minimum atomic E-state index is -4.02. The van der Waals surface area contributed by atoms with Gasteiger partial charge in [-0.3, -0.25) is 0 Å². The summed E-state index contributed by atoms with van der Waals surface area (Å²) >= 11 is 0. The molecule has 0 aliphatic rings. The monoisotopic (exact) mass is 193 g/mol. The molecule has 0 aromatic carbocycles. The summed E-state index contributed by atoms with van der Waals surface area (Å²) in [5.74, 6) is 0. The van der Waals surface area contributed by atoms with E-state index in [0.717, 1.165) is 25.7 Å². The topological polar surface area (TPSA) is 0 Å². The zero-order valence-corrected chi connectivity index (χ0v) is 7.74. The molecule has 0 atom stereocenters. The van der Waals surface area contributed by atoms with E-state index in [2.05, 4.69) is 6.92 Å². The molecule has 0 aliphatic carbocycles. The fraction of sp³-hybridized carbons (Fsp3) is 0.700. The van der Waals surface area contributed by atoms with Crippen LogP contribution in [0.5, 0.6) is 0 Å². The smallest absolute Gasteiger partial charge is 0.171 e. The van der Waals surface area contributed by atoms with Crippen molar-refractivity contribution in [3.63, 3.8) is 0 Å². The summed E-state index contributed by atoms with van der Waals surface area (Å²) in [6.07, 6.45) is 2.64. The molecule has 0 aromatic rings. The molecule has 3 heteroatoms. The van der Waals surface area contributed by atoms with Crippen LogP contribution in [-0.4, -0.2) is 6.18 Å². The Bertz CT molecular complexity index is 136. The molecule has 0 rings (SSSR count). The van der Waals surface area contributed by atoms with Gasteiger partial charge >= 0.3 is 6.18 Å². The fourth-order valence-corrected chi connectivity index (χ4v) is 0.922. The Hall–Kier alpha value is -0.470. The van der Waals surface area contributed by atoms with Crippen molar-refractivity contribution in [2.24, 2.45) is 0 Å². The van der Waals surface area contributed by atoms with E-state index in [0.29, 0.717) is 0 Å². The quantitative estimate of drug-likeness (QED) is 0.436. The number of hydrogen-bond acceptors (Lipinski definition) is 0. The third kappa shape index (κ3) is 11.5. The summed E-state index contributed by atoms with van der Waals surface area (Å²) in [4.78, 5) is 0. The second-order valence-corrected chi connectivity index (χ2v) is 2.97. The third-order valence-corrected chi connectivity index (χ3v) is 1.63. The number of rotatable bonds is 6. The zero-order chi connectivity index (χ0) is 10.2. The average molecular weight is 193 g/mol. The van der Waals surface area contributed by atoms with Crippen molar-refractivity contribution < 1.29 is 13.2 Å². The van der Waals surface area contributed by atoms with Gasteiger partial charge in [-0.25, -0.2) is 0 Å². The first-order chi connectivity index (χ1) is 6.06. The van der Waals surface area contributed by atoms with Gasteiger partial charge in [0.05, 0.1) is 0 Å². The van der Waals surface area contributed by atoms with Crippen molar-refractivity contribution in [1.29, 1.82) is 0 Å². The van der Waals surface area contributed by atoms with Crippen molar-refractivity contribution in [1.82, 2.24) is 0 Å². The lowest BCUT2D eigenvalue weighted by Gasteiger charge is -2.01. The third-order valence-electron chi connectivity index (χ3n) is 1.63. The Morgan fingerprint density at radius 1 is 1.00 bits per heavy atom. The lowest BCUT2D eigenvalue weighted by Crippen LogP contribution is -2.05. The molecule has 0 bridgehead atoms. The van der Waals surface area contributed by atoms with Crippen LogP contribution in [0, 0.1) is 6.92 Å². The Labute approximate surface area is 77.8 Å². The number of alkyl halides is 3. The van der Waals surface area contributed by atoms with Crippen molar-refractivity contribution in [2.45, 2.75) is 44.7 Å². The molecule has 0 heterocycles. The number of hydrogen-bond donors (Lipinski definition) is 0. The highest BCUT2D eigenvalue weighted by Gasteiger charge is 2.25. The van der Waals surface area contributed by atoms with Crippen molar-refractivity contribution >= 4 is 0 Å². The van der Waals surface area contributed by atoms with E-state index in [4.69, 9.17) is 0 Å². The molecule has 0 saturated heterocycles. The van der Waals surface area contributed by atoms with E-state index in [1.54, 1.807) is 6.08 Å². The molecule has 0 N–H and O–H groups in total. The van der Waals surface area contributed by atoms with Crippen LogP contribution < -0.4 is 0 Å². The molecule has 1 radical (unpaired) electrons. The molecular formula is C10H16F3. The minimum Gasteiger partial charge on any atom is -0.171 e. The van der Waals surface area contributed by atoms with E-state index in [9.17, 15) is 13.2 Å². The fourth-order valence-electron chi connectivity index (χ4n) is 0.922. The van der Waals surface area contributed by atoms with Crippen molar-refractivity contribution in [3.05, 3.63) is 19.1 Å². The van der Waals surface area contributed by atoms with E-state index in [-0.39, 0.29) is 6.42 Å². The van der Waals surface area contributed by atoms with Gasteiger partial charge in [0.15, 0.2) is 0 Å². The standard InChI is InChI=1S/C10H16F3/c1-2-3-4-5-6-7-8-9-10(11,12)13/h6-7H,1-5,8-9H2/b7-6+. The van der Waals surface area contributed by atoms with Crippen LogP contribution >= 0.6 is 0 Å². The minimum absolute atomic E-state index is 0.105. The van der Waals surface area contributed by atoms with Gasteiger partial charge in [0.1, 0.15) is 0 Å². The van der Waals surface area contributed by atoms with Gasteiger partial charge < -0.3 is 0 Å². The summed E-state index contributed by atoms with van der Waals surface area (Å²) in [6, 6.07) is 0. The Balaban J connectivity index is 3.22. The lowest BCUT2D eigenvalue weighted by molar-refractivity contribution is -0.133. The second-order valence-electron chi connectivity index (χ2n) is 2.97. The second kappa shape index (κ2) is 6.98. The average Bonchev–Trinajstić information content (AvgIpc) is 2.01. The SMILES string of the molecule is [CH2]CCCC/C=C/CCC(F)(F)F. The first-order valence-electron chi connectivity index (χ1n) is 4.57. The molecule has 0 amide bonds. The van der Waals surface area contributed by atoms with Crippen LogP contribution in [0.25, 0.3) is 0 Å². The maximum atomic E-state index is 11.6. The van der Waals surface area contributed by atoms with Gasteiger partial charge in [-0.15, -0.1) is 0 Å². The maximum absolute atomic E-state index is 11.6. The Kier molecular flexibility index (Phi) is 6.73. The van der Waals surface area contributed by atoms with E-state index in [1.807, 2.05) is 6.08 Å². The molecule has 0 spiro atoms. The first kappa shape index (κ1) is 12.5. The highest BCUT2D eigenvalue weighted by Crippen LogP contribution is 2.21. The van der Waals surface area contributed by atoms with Gasteiger partial charge in [0, 0.05) is 6.42 Å². The van der Waals surface area contributed by atoms with E-state index >= 15 is 0 Å². The van der Waals surface area contributed by atoms with E-state index < -0.39 is 12.6 Å². The number of unbranched alkanes of at least 4 members (excludes halogenated alkanes) is 3. The van der Waals surface area contributed by atoms with Crippen molar-refractivity contribution in [2.75, 3.05) is 0 Å². The molecule has 0 unspecified atom stereocenters. The van der Waals surface area contributed by atoms with Gasteiger partial charge in [-0.1, -0.05) is 31.9 Å². The highest BCUT2D eigenvalue weighted by molar-refractivity contribution is 4.82. The van der Waals surface area contributed by atoms with Crippen LogP contribution in [-0.2, 0) is 0 Å². The number of allylic oxidation sites excluding steroid dienone is 2. The molecule has 0 fully saturated rings. The molecule has 0 aliphatic heterocycles. The van der Waals surface area contributed by atoms with Crippen LogP contribution in [0.15, 0.2) is 12.2 Å². The van der Waals surface area contributed by atoms with Gasteiger partial charge in [0.2, 0.25) is 0 Å². The lowest BCUT2D eigenvalue weighted by atomic mass is 10.2. The largest absolute Gasteiger partial charge is 0.389 e. The van der Waals surface area contributed by atoms with Crippen molar-refractivity contribution in [3.8, 4) is 0 Å². The molecule has 0 nitrogen and oxygen atoms in total. The summed E-state index contributed by atoms with van der Waals surface area (Å²) in [6.45, 7) is 3.68. The molecule has 0 aromatic heterocycles. The molecule has 13 heavy (non-hydrogen) atoms. The van der Waals surface area contributed by atoms with Crippen LogP contribution in [0.2, 0.25) is 0 Å². The zero-order valence-electron chi connectivity index (χ0n) is 7.74. The van der Waals surface area contributed by atoms with E-state index in [1.165, 1.54) is 0 Å². The summed E-state index contributed by atoms with van der Waals surface area (Å²) in [5.41, 5.74) is 0. The summed E-state index contributed by atoms with van der Waals surface area (Å²) < 4.78 is 34.9. The molecule has 77 valence electrons. The molecular weight excluding hydrogens is 177 g/mol. The summed E-state index contributed by atoms with van der Waals surface area (Å²) in [7, 11) is 0. The maximum Gasteiger partial charge on any atom is 0.389 e. The predicted molar refractivity (Wildman–Crippen MR) is 48.3 cm³/mol. The van der Waals surface area contributed by atoms with Crippen LogP contribution in [0.4, 0.5) is 13.2 Å². The van der Waals surface area contributed by atoms with Crippen LogP contribution in [0.3, 0.4) is 0 Å². The number of halogens is 3. The van der Waals surface area contributed by atoms with Gasteiger partial charge in [-0.2, -0.15) is 13.2 Å². The van der Waals surface area contributed by atoms with Crippen LogP contribution in [0.1, 0.15) is 38.5 Å². The Morgan fingerprint density at radius 3 is 2.15 bits per heavy atom. The summed E-state index contributed by atoms with van der Waals surface area (Å²) in [5, 5.41) is 0. The molecule has 0 saturated carbocycles. The highest BCUT2D eigenvalue weighted by atomic mass is 19.4.